The topological polar surface area (TPSA) is 70.8 Å². The first-order valence-corrected chi connectivity index (χ1v) is 10.3. The van der Waals surface area contributed by atoms with Crippen LogP contribution in [-0.4, -0.2) is 16.8 Å². The summed E-state index contributed by atoms with van der Waals surface area (Å²) in [5, 5.41) is 12.7. The lowest BCUT2D eigenvalue weighted by Gasteiger charge is -2.24. The van der Waals surface area contributed by atoms with Crippen LogP contribution in [0.15, 0.2) is 95.1 Å². The van der Waals surface area contributed by atoms with Crippen LogP contribution in [0.1, 0.15) is 22.9 Å². The fourth-order valence-electron chi connectivity index (χ4n) is 4.22. The zero-order valence-electron chi connectivity index (χ0n) is 17.4. The number of halogens is 3. The number of hydrogen-bond acceptors (Lipinski definition) is 4. The minimum absolute atomic E-state index is 0.124. The van der Waals surface area contributed by atoms with Crippen LogP contribution in [0.2, 0.25) is 0 Å². The number of benzene rings is 3. The first-order chi connectivity index (χ1) is 16.3. The Balaban J connectivity index is 1.74. The summed E-state index contributed by atoms with van der Waals surface area (Å²) in [6, 6.07) is 18.2. The number of carbonyl (C=O) groups excluding carboxylic acids is 2. The molecule has 1 saturated heterocycles. The van der Waals surface area contributed by atoms with E-state index in [0.717, 1.165) is 28.5 Å². The molecule has 1 aromatic heterocycles. The maximum atomic E-state index is 13.3. The molecule has 8 heteroatoms. The van der Waals surface area contributed by atoms with Crippen molar-refractivity contribution in [2.75, 3.05) is 4.90 Å². The van der Waals surface area contributed by atoms with Crippen molar-refractivity contribution in [1.82, 2.24) is 0 Å². The number of nitrogens with zero attached hydrogens (tertiary/aromatic N) is 1. The fraction of sp³-hybridized carbons (Fsp3) is 0.0769. The Morgan fingerprint density at radius 3 is 2.38 bits per heavy atom. The molecule has 1 atom stereocenters. The summed E-state index contributed by atoms with van der Waals surface area (Å²) in [4.78, 5) is 27.2. The van der Waals surface area contributed by atoms with E-state index < -0.39 is 35.2 Å². The number of aliphatic hydroxyl groups is 1. The Morgan fingerprint density at radius 1 is 0.912 bits per heavy atom. The fourth-order valence-corrected chi connectivity index (χ4v) is 4.22. The molecule has 1 N–H and O–H groups in total. The molecule has 5 nitrogen and oxygen atoms in total. The summed E-state index contributed by atoms with van der Waals surface area (Å²) in [7, 11) is 0. The molecule has 0 saturated carbocycles. The molecule has 1 amide bonds. The lowest BCUT2D eigenvalue weighted by Crippen LogP contribution is -2.29. The maximum absolute atomic E-state index is 13.3. The molecule has 34 heavy (non-hydrogen) atoms. The van der Waals surface area contributed by atoms with Gasteiger partial charge < -0.3 is 9.52 Å². The normalized spacial score (nSPS) is 18.1. The third-order valence-electron chi connectivity index (χ3n) is 5.75. The molecule has 4 aromatic rings. The van der Waals surface area contributed by atoms with Gasteiger partial charge in [-0.15, -0.1) is 0 Å². The highest BCUT2D eigenvalue weighted by Crippen LogP contribution is 2.44. The van der Waals surface area contributed by atoms with Gasteiger partial charge in [-0.1, -0.05) is 48.5 Å². The molecule has 170 valence electrons. The minimum atomic E-state index is -4.65. The van der Waals surface area contributed by atoms with E-state index in [4.69, 9.17) is 4.42 Å². The molecule has 5 rings (SSSR count). The van der Waals surface area contributed by atoms with Gasteiger partial charge in [-0.3, -0.25) is 14.5 Å². The number of ketones is 1. The van der Waals surface area contributed by atoms with Gasteiger partial charge in [0.1, 0.15) is 17.6 Å². The molecule has 0 bridgehead atoms. The van der Waals surface area contributed by atoms with Crippen molar-refractivity contribution in [2.24, 2.45) is 0 Å². The van der Waals surface area contributed by atoms with Crippen molar-refractivity contribution >= 4 is 33.9 Å². The second kappa shape index (κ2) is 7.91. The number of fused-ring (bicyclic) bond motifs is 1. The van der Waals surface area contributed by atoms with E-state index in [2.05, 4.69) is 0 Å². The predicted molar refractivity (Wildman–Crippen MR) is 119 cm³/mol. The SMILES string of the molecule is O=C1C(=O)N(c2cccc(C(F)(F)F)c2)C(c2ccco2)/C1=C(/O)c1cccc2ccccc12. The minimum Gasteiger partial charge on any atom is -0.507 e. The van der Waals surface area contributed by atoms with E-state index in [9.17, 15) is 27.9 Å². The Morgan fingerprint density at radius 2 is 1.65 bits per heavy atom. The molecular formula is C26H16F3NO4. The molecule has 1 unspecified atom stereocenters. The smallest absolute Gasteiger partial charge is 0.416 e. The van der Waals surface area contributed by atoms with E-state index in [1.165, 1.54) is 24.5 Å². The number of rotatable bonds is 3. The first-order valence-electron chi connectivity index (χ1n) is 10.3. The summed E-state index contributed by atoms with van der Waals surface area (Å²) in [6.07, 6.45) is -3.33. The second-order valence-electron chi connectivity index (χ2n) is 7.76. The first kappa shape index (κ1) is 21.5. The highest BCUT2D eigenvalue weighted by Gasteiger charge is 2.48. The Kier molecular flexibility index (Phi) is 5.01. The van der Waals surface area contributed by atoms with Gasteiger partial charge in [0, 0.05) is 11.3 Å². The lowest BCUT2D eigenvalue weighted by atomic mass is 9.96. The predicted octanol–water partition coefficient (Wildman–Crippen LogP) is 6.08. The van der Waals surface area contributed by atoms with Gasteiger partial charge in [-0.05, 0) is 41.1 Å². The van der Waals surface area contributed by atoms with Gasteiger partial charge in [0.05, 0.1) is 17.4 Å². The van der Waals surface area contributed by atoms with Gasteiger partial charge in [-0.25, -0.2) is 0 Å². The van der Waals surface area contributed by atoms with Gasteiger partial charge in [-0.2, -0.15) is 13.2 Å². The molecule has 0 aliphatic carbocycles. The molecule has 1 aliphatic heterocycles. The third-order valence-corrected chi connectivity index (χ3v) is 5.75. The summed E-state index contributed by atoms with van der Waals surface area (Å²) in [5.74, 6) is -2.41. The van der Waals surface area contributed by atoms with Crippen molar-refractivity contribution in [2.45, 2.75) is 12.2 Å². The standard InChI is InChI=1S/C26H16F3NO4/c27-26(28,29)16-8-4-9-17(14-16)30-22(20-12-5-13-34-20)21(24(32)25(30)33)23(31)19-11-3-7-15-6-1-2-10-18(15)19/h1-14,22,31H/b23-21-. The maximum Gasteiger partial charge on any atom is 0.416 e. The van der Waals surface area contributed by atoms with Crippen LogP contribution in [-0.2, 0) is 15.8 Å². The van der Waals surface area contributed by atoms with Crippen LogP contribution in [0.5, 0.6) is 0 Å². The number of furan rings is 1. The average Bonchev–Trinajstić information content (AvgIpc) is 3.45. The third kappa shape index (κ3) is 3.44. The summed E-state index contributed by atoms with van der Waals surface area (Å²) < 4.78 is 45.5. The van der Waals surface area contributed by atoms with Crippen molar-refractivity contribution in [3.05, 3.63) is 108 Å². The number of carbonyl (C=O) groups is 2. The van der Waals surface area contributed by atoms with Crippen molar-refractivity contribution in [3.8, 4) is 0 Å². The van der Waals surface area contributed by atoms with Gasteiger partial charge in [0.25, 0.3) is 11.7 Å². The number of anilines is 1. The van der Waals surface area contributed by atoms with Crippen molar-refractivity contribution in [3.63, 3.8) is 0 Å². The molecule has 0 radical (unpaired) electrons. The van der Waals surface area contributed by atoms with Crippen molar-refractivity contribution < 1.29 is 32.3 Å². The van der Waals surface area contributed by atoms with Gasteiger partial charge in [0.2, 0.25) is 0 Å². The highest BCUT2D eigenvalue weighted by atomic mass is 19.4. The second-order valence-corrected chi connectivity index (χ2v) is 7.76. The number of Topliss-reactive ketones (excluding diaryl/α,β-unsaturated/α-hetero) is 1. The zero-order chi connectivity index (χ0) is 24.0. The number of amides is 1. The Hall–Kier alpha value is -4.33. The summed E-state index contributed by atoms with van der Waals surface area (Å²) in [6.45, 7) is 0. The molecule has 1 aliphatic rings. The number of hydrogen-bond donors (Lipinski definition) is 1. The zero-order valence-corrected chi connectivity index (χ0v) is 17.4. The van der Waals surface area contributed by atoms with E-state index in [-0.39, 0.29) is 17.0 Å². The van der Waals surface area contributed by atoms with E-state index in [1.807, 2.05) is 18.2 Å². The number of aliphatic hydroxyl groups excluding tert-OH is 1. The Labute approximate surface area is 191 Å². The summed E-state index contributed by atoms with van der Waals surface area (Å²) in [5.41, 5.74) is -1.07. The van der Waals surface area contributed by atoms with Crippen LogP contribution in [0.3, 0.4) is 0 Å². The van der Waals surface area contributed by atoms with Crippen LogP contribution >= 0.6 is 0 Å². The van der Waals surface area contributed by atoms with E-state index >= 15 is 0 Å². The van der Waals surface area contributed by atoms with Crippen molar-refractivity contribution in [1.29, 1.82) is 0 Å². The molecule has 0 spiro atoms. The average molecular weight is 463 g/mol. The van der Waals surface area contributed by atoms with Crippen LogP contribution in [0, 0.1) is 0 Å². The molecule has 3 aromatic carbocycles. The monoisotopic (exact) mass is 463 g/mol. The highest BCUT2D eigenvalue weighted by molar-refractivity contribution is 6.51. The van der Waals surface area contributed by atoms with Crippen LogP contribution < -0.4 is 4.90 Å². The van der Waals surface area contributed by atoms with Gasteiger partial charge >= 0.3 is 6.18 Å². The van der Waals surface area contributed by atoms with Crippen LogP contribution in [0.25, 0.3) is 16.5 Å². The van der Waals surface area contributed by atoms with E-state index in [0.29, 0.717) is 10.9 Å². The molecular weight excluding hydrogens is 447 g/mol. The summed E-state index contributed by atoms with van der Waals surface area (Å²) >= 11 is 0. The van der Waals surface area contributed by atoms with Crippen LogP contribution in [0.4, 0.5) is 18.9 Å². The largest absolute Gasteiger partial charge is 0.507 e. The molecule has 2 heterocycles. The molecule has 1 fully saturated rings. The quantitative estimate of drug-likeness (QED) is 0.227. The Bertz CT molecular complexity index is 1450. The van der Waals surface area contributed by atoms with E-state index in [1.54, 1.807) is 24.3 Å². The van der Waals surface area contributed by atoms with Gasteiger partial charge in [0.15, 0.2) is 0 Å². The number of alkyl halides is 3. The lowest BCUT2D eigenvalue weighted by molar-refractivity contribution is -0.137.